The molecule has 3 saturated heterocycles. The van der Waals surface area contributed by atoms with Crippen molar-refractivity contribution in [1.29, 1.82) is 0 Å². The van der Waals surface area contributed by atoms with E-state index in [1.165, 1.54) is 4.90 Å². The Kier molecular flexibility index (Phi) is 5.17. The van der Waals surface area contributed by atoms with Crippen molar-refractivity contribution < 1.29 is 24.2 Å². The van der Waals surface area contributed by atoms with Gasteiger partial charge in [-0.05, 0) is 42.2 Å². The van der Waals surface area contributed by atoms with Gasteiger partial charge in [0.15, 0.2) is 0 Å². The minimum Gasteiger partial charge on any atom is -0.395 e. The Morgan fingerprint density at radius 1 is 1.15 bits per heavy atom. The van der Waals surface area contributed by atoms with E-state index in [9.17, 15) is 19.5 Å². The molecule has 5 atom stereocenters. The van der Waals surface area contributed by atoms with Crippen LogP contribution in [0.25, 0.3) is 10.8 Å². The van der Waals surface area contributed by atoms with E-state index in [4.69, 9.17) is 4.74 Å². The molecule has 0 saturated carbocycles. The Hall–Kier alpha value is -2.97. The van der Waals surface area contributed by atoms with Gasteiger partial charge >= 0.3 is 0 Å². The minimum atomic E-state index is -1.08. The Bertz CT molecular complexity index is 1140. The summed E-state index contributed by atoms with van der Waals surface area (Å²) in [6.45, 7) is 1.68. The molecule has 8 heteroatoms. The molecule has 2 unspecified atom stereocenters. The van der Waals surface area contributed by atoms with Gasteiger partial charge in [0.25, 0.3) is 0 Å². The number of rotatable bonds is 6. The number of benzene rings is 2. The van der Waals surface area contributed by atoms with Gasteiger partial charge in [-0.25, -0.2) is 0 Å². The van der Waals surface area contributed by atoms with Crippen LogP contribution in [-0.2, 0) is 19.1 Å². The van der Waals surface area contributed by atoms with Crippen LogP contribution in [0.3, 0.4) is 0 Å². The van der Waals surface area contributed by atoms with Crippen molar-refractivity contribution in [3.8, 4) is 0 Å². The third kappa shape index (κ3) is 3.00. The molecule has 3 fully saturated rings. The SMILES string of the molecule is CC[C@@]12CCC3(O1)C(C(=O)Nc1ccc4ccccc4c1)N(CCO)C(=O)[C@@H]3[C@@H]2C(=O)NC. The summed E-state index contributed by atoms with van der Waals surface area (Å²) in [5, 5.41) is 17.4. The maximum Gasteiger partial charge on any atom is 0.250 e. The highest BCUT2D eigenvalue weighted by molar-refractivity contribution is 6.04. The van der Waals surface area contributed by atoms with Gasteiger partial charge in [0, 0.05) is 19.3 Å². The fraction of sp³-hybridized carbons (Fsp3) is 0.480. The first-order valence-electron chi connectivity index (χ1n) is 11.5. The van der Waals surface area contributed by atoms with Crippen molar-refractivity contribution in [2.45, 2.75) is 43.4 Å². The molecule has 2 aromatic carbocycles. The molecule has 1 spiro atoms. The smallest absolute Gasteiger partial charge is 0.250 e. The number of nitrogens with one attached hydrogen (secondary N) is 2. The van der Waals surface area contributed by atoms with Gasteiger partial charge in [-0.3, -0.25) is 14.4 Å². The first-order chi connectivity index (χ1) is 15.9. The Morgan fingerprint density at radius 3 is 2.61 bits per heavy atom. The largest absolute Gasteiger partial charge is 0.395 e. The van der Waals surface area contributed by atoms with Gasteiger partial charge in [0.2, 0.25) is 17.7 Å². The number of aliphatic hydroxyl groups excluding tert-OH is 1. The lowest BCUT2D eigenvalue weighted by Gasteiger charge is -2.33. The zero-order chi connectivity index (χ0) is 23.4. The van der Waals surface area contributed by atoms with E-state index in [0.717, 1.165) is 10.8 Å². The molecule has 3 heterocycles. The summed E-state index contributed by atoms with van der Waals surface area (Å²) in [6.07, 6.45) is 1.70. The number of amides is 3. The molecule has 3 aliphatic rings. The molecule has 33 heavy (non-hydrogen) atoms. The summed E-state index contributed by atoms with van der Waals surface area (Å²) >= 11 is 0. The second kappa shape index (κ2) is 7.81. The van der Waals surface area contributed by atoms with Crippen LogP contribution < -0.4 is 10.6 Å². The van der Waals surface area contributed by atoms with Crippen molar-refractivity contribution in [3.05, 3.63) is 42.5 Å². The Balaban J connectivity index is 1.53. The topological polar surface area (TPSA) is 108 Å². The first kappa shape index (κ1) is 21.9. The molecule has 174 valence electrons. The highest BCUT2D eigenvalue weighted by Crippen LogP contribution is 2.64. The maximum atomic E-state index is 13.7. The van der Waals surface area contributed by atoms with Gasteiger partial charge in [0.05, 0.1) is 24.0 Å². The van der Waals surface area contributed by atoms with E-state index in [0.29, 0.717) is 24.9 Å². The van der Waals surface area contributed by atoms with Crippen LogP contribution in [0, 0.1) is 11.8 Å². The zero-order valence-electron chi connectivity index (χ0n) is 18.8. The molecular weight excluding hydrogens is 422 g/mol. The Labute approximate surface area is 192 Å². The molecule has 2 bridgehead atoms. The Morgan fingerprint density at radius 2 is 1.91 bits per heavy atom. The fourth-order valence-electron chi connectivity index (χ4n) is 6.40. The van der Waals surface area contributed by atoms with Crippen molar-refractivity contribution in [3.63, 3.8) is 0 Å². The van der Waals surface area contributed by atoms with E-state index in [-0.39, 0.29) is 30.9 Å². The highest BCUT2D eigenvalue weighted by atomic mass is 16.5. The number of likely N-dealkylation sites (tertiary alicyclic amines) is 1. The number of carbonyl (C=O) groups is 3. The molecule has 2 aromatic rings. The van der Waals surface area contributed by atoms with E-state index >= 15 is 0 Å². The molecule has 0 aromatic heterocycles. The summed E-state index contributed by atoms with van der Waals surface area (Å²) in [5.41, 5.74) is -1.22. The van der Waals surface area contributed by atoms with Crippen molar-refractivity contribution in [1.82, 2.24) is 10.2 Å². The second-order valence-electron chi connectivity index (χ2n) is 9.25. The van der Waals surface area contributed by atoms with E-state index < -0.39 is 29.1 Å². The predicted octanol–water partition coefficient (Wildman–Crippen LogP) is 1.67. The normalized spacial score (nSPS) is 32.3. The fourth-order valence-corrected chi connectivity index (χ4v) is 6.40. The summed E-state index contributed by atoms with van der Waals surface area (Å²) < 4.78 is 6.58. The summed E-state index contributed by atoms with van der Waals surface area (Å²) in [6, 6.07) is 12.6. The molecule has 3 N–H and O–H groups in total. The number of fused-ring (bicyclic) bond motifs is 2. The number of hydrogen-bond acceptors (Lipinski definition) is 5. The van der Waals surface area contributed by atoms with Gasteiger partial charge in [-0.2, -0.15) is 0 Å². The van der Waals surface area contributed by atoms with Gasteiger partial charge in [-0.1, -0.05) is 37.3 Å². The van der Waals surface area contributed by atoms with Crippen LogP contribution in [0.4, 0.5) is 5.69 Å². The lowest BCUT2D eigenvalue weighted by atomic mass is 9.65. The summed E-state index contributed by atoms with van der Waals surface area (Å²) in [4.78, 5) is 41.5. The predicted molar refractivity (Wildman–Crippen MR) is 122 cm³/mol. The van der Waals surface area contributed by atoms with Gasteiger partial charge < -0.3 is 25.4 Å². The highest BCUT2D eigenvalue weighted by Gasteiger charge is 2.78. The third-order valence-electron chi connectivity index (χ3n) is 7.82. The minimum absolute atomic E-state index is 0.00976. The van der Waals surface area contributed by atoms with E-state index in [1.54, 1.807) is 7.05 Å². The van der Waals surface area contributed by atoms with Crippen LogP contribution in [0.2, 0.25) is 0 Å². The lowest BCUT2D eigenvalue weighted by Crippen LogP contribution is -2.53. The zero-order valence-corrected chi connectivity index (χ0v) is 18.8. The molecule has 3 aliphatic heterocycles. The lowest BCUT2D eigenvalue weighted by molar-refractivity contribution is -0.146. The second-order valence-corrected chi connectivity index (χ2v) is 9.25. The molecular formula is C25H29N3O5. The number of anilines is 1. The molecule has 8 nitrogen and oxygen atoms in total. The van der Waals surface area contributed by atoms with Crippen molar-refractivity contribution in [2.24, 2.45) is 11.8 Å². The molecule has 0 aliphatic carbocycles. The van der Waals surface area contributed by atoms with E-state index in [1.807, 2.05) is 49.4 Å². The van der Waals surface area contributed by atoms with Crippen LogP contribution in [0.5, 0.6) is 0 Å². The first-order valence-corrected chi connectivity index (χ1v) is 11.5. The summed E-state index contributed by atoms with van der Waals surface area (Å²) in [7, 11) is 1.55. The van der Waals surface area contributed by atoms with Crippen molar-refractivity contribution in [2.75, 3.05) is 25.5 Å². The summed E-state index contributed by atoms with van der Waals surface area (Å²) in [5.74, 6) is -2.31. The van der Waals surface area contributed by atoms with Crippen molar-refractivity contribution >= 4 is 34.2 Å². The molecule has 0 radical (unpaired) electrons. The number of ether oxygens (including phenoxy) is 1. The van der Waals surface area contributed by atoms with Crippen LogP contribution in [0.15, 0.2) is 42.5 Å². The number of hydrogen-bond donors (Lipinski definition) is 3. The van der Waals surface area contributed by atoms with Crippen LogP contribution >= 0.6 is 0 Å². The van der Waals surface area contributed by atoms with Gasteiger partial charge in [0.1, 0.15) is 11.6 Å². The van der Waals surface area contributed by atoms with E-state index in [2.05, 4.69) is 10.6 Å². The number of aliphatic hydroxyl groups is 1. The standard InChI is InChI=1S/C25H29N3O5/c1-3-24-10-11-25(33-24)19(18(24)21(30)26-2)23(32)28(12-13-29)20(25)22(31)27-17-9-8-15-6-4-5-7-16(15)14-17/h4-9,14,18-20,29H,3,10-13H2,1-2H3,(H,26,30)(H,27,31)/t18-,19+,20?,24+,25?/m1/s1. The van der Waals surface area contributed by atoms with Crippen LogP contribution in [0.1, 0.15) is 26.2 Å². The number of nitrogens with zero attached hydrogens (tertiary/aromatic N) is 1. The maximum absolute atomic E-state index is 13.7. The average molecular weight is 452 g/mol. The number of β-amino-alcohol motifs (C(OH)–C–C–N with tert-alkyl or cyclic N) is 1. The third-order valence-corrected chi connectivity index (χ3v) is 7.82. The quantitative estimate of drug-likeness (QED) is 0.619. The van der Waals surface area contributed by atoms with Gasteiger partial charge in [-0.15, -0.1) is 0 Å². The monoisotopic (exact) mass is 451 g/mol. The molecule has 5 rings (SSSR count). The van der Waals surface area contributed by atoms with Crippen LogP contribution in [-0.4, -0.2) is 65.2 Å². The molecule has 3 amide bonds. The average Bonchev–Trinajstić information content (AvgIpc) is 3.42. The number of carbonyl (C=O) groups excluding carboxylic acids is 3.